The SMILES string of the molecule is CCc1cc(-c2ncc(-c3ccc(F)c(Cl)c3)c3c(N)c(N)oc23)ccn1. The van der Waals surface area contributed by atoms with Crippen molar-refractivity contribution in [3.05, 3.63) is 59.3 Å². The number of aryl methyl sites for hydroxylation is 1. The minimum absolute atomic E-state index is 0.0153. The summed E-state index contributed by atoms with van der Waals surface area (Å²) in [7, 11) is 0. The van der Waals surface area contributed by atoms with E-state index in [2.05, 4.69) is 9.97 Å². The highest BCUT2D eigenvalue weighted by atomic mass is 35.5. The zero-order valence-corrected chi connectivity index (χ0v) is 15.2. The molecule has 0 bridgehead atoms. The van der Waals surface area contributed by atoms with Crippen LogP contribution in [-0.4, -0.2) is 9.97 Å². The molecular weight excluding hydrogens is 367 g/mol. The molecule has 1 aromatic carbocycles. The van der Waals surface area contributed by atoms with E-state index in [1.165, 1.54) is 12.1 Å². The molecule has 7 heteroatoms. The van der Waals surface area contributed by atoms with Crippen LogP contribution in [0.3, 0.4) is 0 Å². The number of hydrogen-bond donors (Lipinski definition) is 2. The molecule has 0 fully saturated rings. The predicted octanol–water partition coefficient (Wildman–Crippen LogP) is 5.08. The number of benzene rings is 1. The van der Waals surface area contributed by atoms with E-state index in [0.717, 1.165) is 17.7 Å². The van der Waals surface area contributed by atoms with Crippen LogP contribution in [0.4, 0.5) is 16.0 Å². The molecule has 0 aliphatic carbocycles. The summed E-state index contributed by atoms with van der Waals surface area (Å²) in [6.45, 7) is 2.03. The Kier molecular flexibility index (Phi) is 4.20. The van der Waals surface area contributed by atoms with E-state index in [0.29, 0.717) is 33.5 Å². The Bertz CT molecular complexity index is 1170. The topological polar surface area (TPSA) is 91.0 Å². The van der Waals surface area contributed by atoms with Gasteiger partial charge < -0.3 is 15.9 Å². The van der Waals surface area contributed by atoms with E-state index in [4.69, 9.17) is 27.5 Å². The molecule has 4 rings (SSSR count). The summed E-state index contributed by atoms with van der Waals surface area (Å²) in [5, 5.41) is 0.636. The van der Waals surface area contributed by atoms with Gasteiger partial charge in [0.05, 0.1) is 10.4 Å². The minimum Gasteiger partial charge on any atom is -0.436 e. The van der Waals surface area contributed by atoms with Crippen molar-refractivity contribution in [1.82, 2.24) is 9.97 Å². The van der Waals surface area contributed by atoms with E-state index in [-0.39, 0.29) is 10.9 Å². The Balaban J connectivity index is 2.00. The number of anilines is 2. The second-order valence-electron chi connectivity index (χ2n) is 6.12. The summed E-state index contributed by atoms with van der Waals surface area (Å²) in [5.41, 5.74) is 16.6. The van der Waals surface area contributed by atoms with Gasteiger partial charge in [0.25, 0.3) is 0 Å². The van der Waals surface area contributed by atoms with E-state index < -0.39 is 5.82 Å². The van der Waals surface area contributed by atoms with Crippen molar-refractivity contribution in [3.63, 3.8) is 0 Å². The average Bonchev–Trinajstić information content (AvgIpc) is 2.98. The van der Waals surface area contributed by atoms with Gasteiger partial charge in [0.15, 0.2) is 5.58 Å². The van der Waals surface area contributed by atoms with Gasteiger partial charge in [-0.1, -0.05) is 24.6 Å². The smallest absolute Gasteiger partial charge is 0.215 e. The Labute approximate surface area is 159 Å². The van der Waals surface area contributed by atoms with Gasteiger partial charge in [0.1, 0.15) is 17.2 Å². The van der Waals surface area contributed by atoms with Gasteiger partial charge in [-0.3, -0.25) is 9.97 Å². The zero-order chi connectivity index (χ0) is 19.1. The molecule has 4 aromatic rings. The minimum atomic E-state index is -0.496. The van der Waals surface area contributed by atoms with Crippen LogP contribution in [0.5, 0.6) is 0 Å². The van der Waals surface area contributed by atoms with E-state index >= 15 is 0 Å². The maximum atomic E-state index is 13.6. The fraction of sp³-hybridized carbons (Fsp3) is 0.100. The number of fused-ring (bicyclic) bond motifs is 1. The molecule has 0 atom stereocenters. The molecule has 0 aliphatic rings. The van der Waals surface area contributed by atoms with Crippen LogP contribution in [0, 0.1) is 5.82 Å². The van der Waals surface area contributed by atoms with Gasteiger partial charge in [0.2, 0.25) is 5.88 Å². The summed E-state index contributed by atoms with van der Waals surface area (Å²) in [5.74, 6) is -0.386. The van der Waals surface area contributed by atoms with Crippen molar-refractivity contribution in [3.8, 4) is 22.4 Å². The molecule has 4 N–H and O–H groups in total. The third-order valence-corrected chi connectivity index (χ3v) is 4.75. The summed E-state index contributed by atoms with van der Waals surface area (Å²) in [4.78, 5) is 8.88. The molecule has 0 radical (unpaired) electrons. The molecule has 0 amide bonds. The lowest BCUT2D eigenvalue weighted by atomic mass is 10.0. The van der Waals surface area contributed by atoms with Crippen molar-refractivity contribution >= 4 is 34.1 Å². The molecular formula is C20H16ClFN4O. The van der Waals surface area contributed by atoms with Crippen LogP contribution >= 0.6 is 11.6 Å². The van der Waals surface area contributed by atoms with Crippen molar-refractivity contribution in [2.75, 3.05) is 11.5 Å². The molecule has 3 aromatic heterocycles. The summed E-state index contributed by atoms with van der Waals surface area (Å²) in [6.07, 6.45) is 4.19. The van der Waals surface area contributed by atoms with Crippen LogP contribution < -0.4 is 11.5 Å². The Morgan fingerprint density at radius 3 is 2.67 bits per heavy atom. The quantitative estimate of drug-likeness (QED) is 0.515. The van der Waals surface area contributed by atoms with Crippen molar-refractivity contribution < 1.29 is 8.81 Å². The predicted molar refractivity (Wildman–Crippen MR) is 106 cm³/mol. The molecule has 0 unspecified atom stereocenters. The van der Waals surface area contributed by atoms with Crippen LogP contribution in [0.1, 0.15) is 12.6 Å². The van der Waals surface area contributed by atoms with Gasteiger partial charge >= 0.3 is 0 Å². The normalized spacial score (nSPS) is 11.2. The van der Waals surface area contributed by atoms with Gasteiger partial charge in [-0.05, 0) is 36.2 Å². The number of halogens is 2. The first kappa shape index (κ1) is 17.3. The Hall–Kier alpha value is -3.12. The zero-order valence-electron chi connectivity index (χ0n) is 14.5. The lowest BCUT2D eigenvalue weighted by molar-refractivity contribution is 0.628. The first-order chi connectivity index (χ1) is 13.0. The number of hydrogen-bond acceptors (Lipinski definition) is 5. The lowest BCUT2D eigenvalue weighted by Gasteiger charge is -2.09. The standard InChI is InChI=1S/C20H16ClFN4O/c1-2-12-7-11(5-6-25-12)18-19-16(17(23)20(24)27-19)13(9-26-18)10-3-4-15(22)14(21)8-10/h3-9H,2,23-24H2,1H3. The Morgan fingerprint density at radius 2 is 1.93 bits per heavy atom. The molecule has 0 saturated heterocycles. The average molecular weight is 383 g/mol. The van der Waals surface area contributed by atoms with Gasteiger partial charge in [-0.25, -0.2) is 4.39 Å². The van der Waals surface area contributed by atoms with Crippen molar-refractivity contribution in [2.24, 2.45) is 0 Å². The maximum Gasteiger partial charge on any atom is 0.215 e. The Morgan fingerprint density at radius 1 is 1.11 bits per heavy atom. The summed E-state index contributed by atoms with van der Waals surface area (Å²) >= 11 is 5.94. The number of rotatable bonds is 3. The van der Waals surface area contributed by atoms with E-state index in [9.17, 15) is 4.39 Å². The molecule has 136 valence electrons. The first-order valence-electron chi connectivity index (χ1n) is 8.36. The summed E-state index contributed by atoms with van der Waals surface area (Å²) < 4.78 is 19.3. The van der Waals surface area contributed by atoms with Gasteiger partial charge in [0, 0.05) is 29.2 Å². The first-order valence-corrected chi connectivity index (χ1v) is 8.74. The highest BCUT2D eigenvalue weighted by Crippen LogP contribution is 2.42. The number of pyridine rings is 2. The lowest BCUT2D eigenvalue weighted by Crippen LogP contribution is -1.93. The highest BCUT2D eigenvalue weighted by molar-refractivity contribution is 6.31. The van der Waals surface area contributed by atoms with Crippen LogP contribution in [-0.2, 0) is 6.42 Å². The maximum absolute atomic E-state index is 13.6. The third kappa shape index (κ3) is 2.88. The van der Waals surface area contributed by atoms with Crippen LogP contribution in [0.25, 0.3) is 33.4 Å². The monoisotopic (exact) mass is 382 g/mol. The molecule has 0 saturated carbocycles. The molecule has 3 heterocycles. The molecule has 0 aliphatic heterocycles. The largest absolute Gasteiger partial charge is 0.436 e. The molecule has 0 spiro atoms. The number of aromatic nitrogens is 2. The van der Waals surface area contributed by atoms with Gasteiger partial charge in [-0.15, -0.1) is 0 Å². The molecule has 27 heavy (non-hydrogen) atoms. The van der Waals surface area contributed by atoms with Crippen molar-refractivity contribution in [1.29, 1.82) is 0 Å². The molecule has 5 nitrogen and oxygen atoms in total. The number of nitrogens with two attached hydrogens (primary N) is 2. The summed E-state index contributed by atoms with van der Waals surface area (Å²) in [6, 6.07) is 8.24. The highest BCUT2D eigenvalue weighted by Gasteiger charge is 2.20. The second kappa shape index (κ2) is 6.55. The van der Waals surface area contributed by atoms with Crippen molar-refractivity contribution in [2.45, 2.75) is 13.3 Å². The fourth-order valence-corrected chi connectivity index (χ4v) is 3.24. The van der Waals surface area contributed by atoms with Crippen LogP contribution in [0.15, 0.2) is 47.1 Å². The second-order valence-corrected chi connectivity index (χ2v) is 6.53. The van der Waals surface area contributed by atoms with E-state index in [1.54, 1.807) is 18.5 Å². The van der Waals surface area contributed by atoms with Crippen LogP contribution in [0.2, 0.25) is 5.02 Å². The number of nitrogen functional groups attached to an aromatic ring is 2. The fourth-order valence-electron chi connectivity index (χ4n) is 3.05. The van der Waals surface area contributed by atoms with Gasteiger partial charge in [-0.2, -0.15) is 0 Å². The number of nitrogens with zero attached hydrogens (tertiary/aromatic N) is 2. The third-order valence-electron chi connectivity index (χ3n) is 4.46. The van der Waals surface area contributed by atoms with E-state index in [1.807, 2.05) is 19.1 Å². The number of furan rings is 1.